The zero-order chi connectivity index (χ0) is 18.5. The van der Waals surface area contributed by atoms with Crippen LogP contribution in [0.5, 0.6) is 0 Å². The average molecular weight is 355 g/mol. The van der Waals surface area contributed by atoms with E-state index in [-0.39, 0.29) is 23.8 Å². The number of rotatable bonds is 4. The lowest BCUT2D eigenvalue weighted by Crippen LogP contribution is -2.51. The van der Waals surface area contributed by atoms with Crippen molar-refractivity contribution in [3.05, 3.63) is 70.1 Å². The molecule has 2 amide bonds. The van der Waals surface area contributed by atoms with E-state index in [4.69, 9.17) is 4.74 Å². The molecule has 1 N–H and O–H groups in total. The van der Waals surface area contributed by atoms with Crippen molar-refractivity contribution in [3.8, 4) is 0 Å². The van der Waals surface area contributed by atoms with Crippen LogP contribution in [0.3, 0.4) is 0 Å². The van der Waals surface area contributed by atoms with Gasteiger partial charge >= 0.3 is 6.03 Å². The second-order valence-electron chi connectivity index (χ2n) is 6.80. The summed E-state index contributed by atoms with van der Waals surface area (Å²) < 4.78 is 7.32. The molecule has 2 atom stereocenters. The predicted molar refractivity (Wildman–Crippen MR) is 100 cm³/mol. The van der Waals surface area contributed by atoms with Crippen molar-refractivity contribution in [1.29, 1.82) is 0 Å². The van der Waals surface area contributed by atoms with Crippen molar-refractivity contribution >= 4 is 6.03 Å². The van der Waals surface area contributed by atoms with Crippen molar-refractivity contribution in [2.45, 2.75) is 39.1 Å². The number of ether oxygens (including phenoxy) is 1. The number of pyridine rings is 1. The molecule has 6 nitrogen and oxygen atoms in total. The van der Waals surface area contributed by atoms with E-state index in [1.54, 1.807) is 27.8 Å². The fraction of sp³-hybridized carbons (Fsp3) is 0.400. The molecule has 0 radical (unpaired) electrons. The summed E-state index contributed by atoms with van der Waals surface area (Å²) in [5.74, 6) is 0. The molecule has 138 valence electrons. The standard InChI is InChI=1S/C20H25N3O3/c1-15-12-23(13-16(2)26-15)20(25)21-11-17-6-8-18(9-7-17)14-22-10-4-3-5-19(22)24/h3-10,15-16H,11-14H2,1-2H3,(H,21,25). The van der Waals surface area contributed by atoms with Crippen LogP contribution in [0, 0.1) is 0 Å². The highest BCUT2D eigenvalue weighted by Crippen LogP contribution is 2.11. The lowest BCUT2D eigenvalue weighted by molar-refractivity contribution is -0.0545. The molecule has 0 aliphatic carbocycles. The molecule has 0 spiro atoms. The second kappa shape index (κ2) is 8.19. The zero-order valence-corrected chi connectivity index (χ0v) is 15.2. The summed E-state index contributed by atoms with van der Waals surface area (Å²) in [6.07, 6.45) is 1.90. The first-order chi connectivity index (χ1) is 12.5. The highest BCUT2D eigenvalue weighted by molar-refractivity contribution is 5.74. The Hall–Kier alpha value is -2.60. The number of amides is 2. The SMILES string of the molecule is CC1CN(C(=O)NCc2ccc(Cn3ccccc3=O)cc2)CC(C)O1. The van der Waals surface area contributed by atoms with E-state index in [1.807, 2.05) is 44.2 Å². The van der Waals surface area contributed by atoms with Crippen LogP contribution in [-0.2, 0) is 17.8 Å². The van der Waals surface area contributed by atoms with Crippen molar-refractivity contribution < 1.29 is 9.53 Å². The Morgan fingerprint density at radius 3 is 2.38 bits per heavy atom. The lowest BCUT2D eigenvalue weighted by atomic mass is 10.1. The third kappa shape index (κ3) is 4.73. The minimum atomic E-state index is -0.0630. The van der Waals surface area contributed by atoms with Crippen molar-refractivity contribution in [2.75, 3.05) is 13.1 Å². The second-order valence-corrected chi connectivity index (χ2v) is 6.80. The van der Waals surface area contributed by atoms with Crippen LogP contribution in [0.1, 0.15) is 25.0 Å². The van der Waals surface area contributed by atoms with Crippen molar-refractivity contribution in [3.63, 3.8) is 0 Å². The Balaban J connectivity index is 1.54. The molecule has 6 heteroatoms. The van der Waals surface area contributed by atoms with Crippen molar-refractivity contribution in [1.82, 2.24) is 14.8 Å². The van der Waals surface area contributed by atoms with Crippen LogP contribution in [0.2, 0.25) is 0 Å². The van der Waals surface area contributed by atoms with Gasteiger partial charge in [-0.05, 0) is 31.0 Å². The number of hydrogen-bond donors (Lipinski definition) is 1. The van der Waals surface area contributed by atoms with E-state index in [9.17, 15) is 9.59 Å². The molecule has 1 aromatic heterocycles. The van der Waals surface area contributed by atoms with Crippen LogP contribution in [0.25, 0.3) is 0 Å². The van der Waals surface area contributed by atoms with Crippen LogP contribution in [-0.4, -0.2) is 40.8 Å². The van der Waals surface area contributed by atoms with Gasteiger partial charge in [0, 0.05) is 31.9 Å². The molecule has 1 fully saturated rings. The quantitative estimate of drug-likeness (QED) is 0.915. The number of benzene rings is 1. The first-order valence-electron chi connectivity index (χ1n) is 8.93. The monoisotopic (exact) mass is 355 g/mol. The smallest absolute Gasteiger partial charge is 0.317 e. The Morgan fingerprint density at radius 2 is 1.73 bits per heavy atom. The first kappa shape index (κ1) is 18.2. The maximum Gasteiger partial charge on any atom is 0.317 e. The maximum absolute atomic E-state index is 12.3. The summed E-state index contributed by atoms with van der Waals surface area (Å²) in [4.78, 5) is 25.9. The molecular formula is C20H25N3O3. The van der Waals surface area contributed by atoms with E-state index in [0.717, 1.165) is 11.1 Å². The number of aromatic nitrogens is 1. The molecule has 0 saturated carbocycles. The normalized spacial score (nSPS) is 20.0. The molecule has 2 unspecified atom stereocenters. The number of nitrogens with zero attached hydrogens (tertiary/aromatic N) is 2. The highest BCUT2D eigenvalue weighted by Gasteiger charge is 2.25. The molecule has 0 bridgehead atoms. The van der Waals surface area contributed by atoms with Gasteiger partial charge in [-0.2, -0.15) is 0 Å². The molecular weight excluding hydrogens is 330 g/mol. The third-order valence-electron chi connectivity index (χ3n) is 4.43. The van der Waals surface area contributed by atoms with Gasteiger partial charge in [0.2, 0.25) is 0 Å². The highest BCUT2D eigenvalue weighted by atomic mass is 16.5. The summed E-state index contributed by atoms with van der Waals surface area (Å²) >= 11 is 0. The number of carbonyl (C=O) groups is 1. The molecule has 2 heterocycles. The summed E-state index contributed by atoms with van der Waals surface area (Å²) in [5.41, 5.74) is 2.05. The number of nitrogens with one attached hydrogen (secondary N) is 1. The topological polar surface area (TPSA) is 63.6 Å². The Kier molecular flexibility index (Phi) is 5.73. The minimum absolute atomic E-state index is 0.0159. The van der Waals surface area contributed by atoms with Crippen molar-refractivity contribution in [2.24, 2.45) is 0 Å². The van der Waals surface area contributed by atoms with E-state index in [1.165, 1.54) is 0 Å². The van der Waals surface area contributed by atoms with Crippen LogP contribution < -0.4 is 10.9 Å². The minimum Gasteiger partial charge on any atom is -0.372 e. The first-order valence-corrected chi connectivity index (χ1v) is 8.93. The van der Waals surface area contributed by atoms with Gasteiger partial charge in [-0.1, -0.05) is 30.3 Å². The van der Waals surface area contributed by atoms with Crippen LogP contribution in [0.15, 0.2) is 53.5 Å². The Bertz CT molecular complexity index is 790. The molecule has 1 aromatic carbocycles. The number of morpholine rings is 1. The van der Waals surface area contributed by atoms with E-state index in [2.05, 4.69) is 5.32 Å². The zero-order valence-electron chi connectivity index (χ0n) is 15.2. The van der Waals surface area contributed by atoms with Gasteiger partial charge in [0.05, 0.1) is 18.8 Å². The van der Waals surface area contributed by atoms with Crippen LogP contribution >= 0.6 is 0 Å². The molecule has 1 aliphatic rings. The Labute approximate surface area is 153 Å². The summed E-state index contributed by atoms with van der Waals surface area (Å²) in [6, 6.07) is 13.0. The fourth-order valence-electron chi connectivity index (χ4n) is 3.18. The van der Waals surface area contributed by atoms with Gasteiger partial charge in [-0.25, -0.2) is 4.79 Å². The number of urea groups is 1. The Morgan fingerprint density at radius 1 is 1.08 bits per heavy atom. The molecule has 1 aliphatic heterocycles. The van der Waals surface area contributed by atoms with Gasteiger partial charge in [0.25, 0.3) is 5.56 Å². The van der Waals surface area contributed by atoms with E-state index in [0.29, 0.717) is 26.2 Å². The molecule has 2 aromatic rings. The van der Waals surface area contributed by atoms with E-state index >= 15 is 0 Å². The van der Waals surface area contributed by atoms with Gasteiger partial charge in [-0.15, -0.1) is 0 Å². The van der Waals surface area contributed by atoms with Crippen LogP contribution in [0.4, 0.5) is 4.79 Å². The average Bonchev–Trinajstić information content (AvgIpc) is 2.62. The molecule has 1 saturated heterocycles. The summed E-state index contributed by atoms with van der Waals surface area (Å²) in [7, 11) is 0. The summed E-state index contributed by atoms with van der Waals surface area (Å²) in [5, 5.41) is 2.96. The van der Waals surface area contributed by atoms with Gasteiger partial charge < -0.3 is 19.5 Å². The molecule has 26 heavy (non-hydrogen) atoms. The third-order valence-corrected chi connectivity index (χ3v) is 4.43. The van der Waals surface area contributed by atoms with E-state index < -0.39 is 0 Å². The fourth-order valence-corrected chi connectivity index (χ4v) is 3.18. The number of hydrogen-bond acceptors (Lipinski definition) is 3. The number of carbonyl (C=O) groups excluding carboxylic acids is 1. The summed E-state index contributed by atoms with van der Waals surface area (Å²) in [6.45, 7) is 6.20. The predicted octanol–water partition coefficient (Wildman–Crippen LogP) is 2.22. The van der Waals surface area contributed by atoms with Gasteiger partial charge in [-0.3, -0.25) is 4.79 Å². The lowest BCUT2D eigenvalue weighted by Gasteiger charge is -2.35. The largest absolute Gasteiger partial charge is 0.372 e. The van der Waals surface area contributed by atoms with Gasteiger partial charge in [0.15, 0.2) is 0 Å². The van der Waals surface area contributed by atoms with Gasteiger partial charge in [0.1, 0.15) is 0 Å². The maximum atomic E-state index is 12.3. The molecule has 3 rings (SSSR count).